The smallest absolute Gasteiger partial charge is 0.257 e. The number of amides is 3. The Morgan fingerprint density at radius 1 is 1.25 bits per heavy atom. The van der Waals surface area contributed by atoms with E-state index in [1.54, 1.807) is 0 Å². The van der Waals surface area contributed by atoms with E-state index in [1.165, 1.54) is 6.07 Å². The molecule has 2 aliphatic heterocycles. The Kier molecular flexibility index (Phi) is 3.71. The molecule has 1 aromatic rings. The second-order valence-corrected chi connectivity index (χ2v) is 7.22. The first-order valence-corrected chi connectivity index (χ1v) is 7.79. The number of piperidine rings is 1. The molecule has 1 fully saturated rings. The van der Waals surface area contributed by atoms with E-state index >= 15 is 0 Å². The molecule has 0 bridgehead atoms. The summed E-state index contributed by atoms with van der Waals surface area (Å²) in [5, 5.41) is 12.6. The number of nitrogens with zero attached hydrogens (tertiary/aromatic N) is 1. The number of fused-ring (bicyclic) bond motifs is 1. The number of nitrogens with one attached hydrogen (secondary N) is 1. The Balaban J connectivity index is 2.01. The lowest BCUT2D eigenvalue weighted by Crippen LogP contribution is -2.53. The standard InChI is InChI=1S/C17H19FN2O4/c1-17(2,3)10-6-8-9(7-11(10)18)16(24)20(15(8)23)12-4-5-13(21)19-14(12)22/h6-7,12,16,24H,4-5H2,1-3H3,(H,19,21,22). The van der Waals surface area contributed by atoms with Crippen LogP contribution in [0.25, 0.3) is 0 Å². The number of hydrogen-bond acceptors (Lipinski definition) is 4. The van der Waals surface area contributed by atoms with Gasteiger partial charge in [-0.3, -0.25) is 24.6 Å². The van der Waals surface area contributed by atoms with Crippen LogP contribution in [0.3, 0.4) is 0 Å². The molecular weight excluding hydrogens is 315 g/mol. The molecule has 24 heavy (non-hydrogen) atoms. The Morgan fingerprint density at radius 2 is 1.92 bits per heavy atom. The van der Waals surface area contributed by atoms with E-state index in [1.807, 2.05) is 20.8 Å². The van der Waals surface area contributed by atoms with Crippen LogP contribution in [0.1, 0.15) is 61.3 Å². The van der Waals surface area contributed by atoms with Crippen molar-refractivity contribution < 1.29 is 23.9 Å². The molecule has 2 aliphatic rings. The van der Waals surface area contributed by atoms with Crippen molar-refractivity contribution in [1.82, 2.24) is 10.2 Å². The van der Waals surface area contributed by atoms with Crippen molar-refractivity contribution in [3.63, 3.8) is 0 Å². The molecule has 0 aliphatic carbocycles. The highest BCUT2D eigenvalue weighted by molar-refractivity contribution is 6.05. The number of carbonyl (C=O) groups excluding carboxylic acids is 3. The van der Waals surface area contributed by atoms with Gasteiger partial charge < -0.3 is 5.11 Å². The molecular formula is C17H19FN2O4. The minimum atomic E-state index is -1.40. The Hall–Kier alpha value is -2.28. The van der Waals surface area contributed by atoms with Crippen molar-refractivity contribution in [3.8, 4) is 0 Å². The van der Waals surface area contributed by atoms with E-state index in [4.69, 9.17) is 0 Å². The number of imide groups is 1. The summed E-state index contributed by atoms with van der Waals surface area (Å²) in [5.41, 5.74) is 0.201. The van der Waals surface area contributed by atoms with Gasteiger partial charge in [0.25, 0.3) is 5.91 Å². The van der Waals surface area contributed by atoms with Gasteiger partial charge in [0.15, 0.2) is 6.23 Å². The molecule has 0 aromatic heterocycles. The number of aliphatic hydroxyl groups excluding tert-OH is 1. The van der Waals surface area contributed by atoms with Crippen molar-refractivity contribution >= 4 is 17.7 Å². The molecule has 1 saturated heterocycles. The second kappa shape index (κ2) is 5.37. The van der Waals surface area contributed by atoms with Gasteiger partial charge in [-0.1, -0.05) is 20.8 Å². The topological polar surface area (TPSA) is 86.7 Å². The molecule has 0 saturated carbocycles. The highest BCUT2D eigenvalue weighted by Crippen LogP contribution is 2.38. The third-order valence-corrected chi connectivity index (χ3v) is 4.50. The van der Waals surface area contributed by atoms with E-state index in [0.29, 0.717) is 5.56 Å². The maximum Gasteiger partial charge on any atom is 0.257 e. The summed E-state index contributed by atoms with van der Waals surface area (Å²) in [6.45, 7) is 5.48. The Labute approximate surface area is 138 Å². The van der Waals surface area contributed by atoms with Crippen LogP contribution in [0, 0.1) is 5.82 Å². The molecule has 3 amide bonds. The molecule has 1 aromatic carbocycles. The average molecular weight is 334 g/mol. The van der Waals surface area contributed by atoms with Crippen molar-refractivity contribution in [1.29, 1.82) is 0 Å². The lowest BCUT2D eigenvalue weighted by atomic mass is 9.85. The summed E-state index contributed by atoms with van der Waals surface area (Å²) in [5.74, 6) is -2.06. The maximum absolute atomic E-state index is 14.4. The van der Waals surface area contributed by atoms with Gasteiger partial charge in [0.2, 0.25) is 11.8 Å². The number of aliphatic hydroxyl groups is 1. The van der Waals surface area contributed by atoms with Crippen LogP contribution in [0.5, 0.6) is 0 Å². The quantitative estimate of drug-likeness (QED) is 0.760. The van der Waals surface area contributed by atoms with Crippen molar-refractivity contribution in [2.45, 2.75) is 51.3 Å². The van der Waals surface area contributed by atoms with Crippen molar-refractivity contribution in [2.75, 3.05) is 0 Å². The minimum Gasteiger partial charge on any atom is -0.369 e. The number of benzene rings is 1. The fourth-order valence-electron chi connectivity index (χ4n) is 3.22. The van der Waals surface area contributed by atoms with Gasteiger partial charge in [-0.2, -0.15) is 0 Å². The van der Waals surface area contributed by atoms with Crippen LogP contribution in [-0.4, -0.2) is 33.8 Å². The zero-order chi connectivity index (χ0) is 17.8. The predicted octanol–water partition coefficient (Wildman–Crippen LogP) is 1.38. The van der Waals surface area contributed by atoms with E-state index in [2.05, 4.69) is 5.32 Å². The lowest BCUT2D eigenvalue weighted by Gasteiger charge is -2.31. The fourth-order valence-corrected chi connectivity index (χ4v) is 3.22. The molecule has 6 nitrogen and oxygen atoms in total. The van der Waals surface area contributed by atoms with Gasteiger partial charge in [0, 0.05) is 17.5 Å². The summed E-state index contributed by atoms with van der Waals surface area (Å²) < 4.78 is 14.4. The molecule has 2 heterocycles. The molecule has 7 heteroatoms. The van der Waals surface area contributed by atoms with Gasteiger partial charge in [0.05, 0.1) is 0 Å². The number of hydrogen-bond donors (Lipinski definition) is 2. The SMILES string of the molecule is CC(C)(C)c1cc2c(cc1F)C(O)N(C1CCC(=O)NC1=O)C2=O. The normalized spacial score (nSPS) is 24.2. The van der Waals surface area contributed by atoms with E-state index in [9.17, 15) is 23.9 Å². The van der Waals surface area contributed by atoms with Crippen LogP contribution in [0.2, 0.25) is 0 Å². The lowest BCUT2D eigenvalue weighted by molar-refractivity contribution is -0.139. The van der Waals surface area contributed by atoms with Gasteiger partial charge in [-0.05, 0) is 29.5 Å². The number of carbonyl (C=O) groups is 3. The van der Waals surface area contributed by atoms with Crippen LogP contribution >= 0.6 is 0 Å². The molecule has 0 radical (unpaired) electrons. The largest absolute Gasteiger partial charge is 0.369 e. The monoisotopic (exact) mass is 334 g/mol. The average Bonchev–Trinajstić information content (AvgIpc) is 2.69. The zero-order valence-corrected chi connectivity index (χ0v) is 13.7. The highest BCUT2D eigenvalue weighted by atomic mass is 19.1. The van der Waals surface area contributed by atoms with E-state index in [-0.39, 0.29) is 24.0 Å². The third kappa shape index (κ3) is 2.49. The van der Waals surface area contributed by atoms with Crippen molar-refractivity contribution in [3.05, 3.63) is 34.6 Å². The molecule has 2 N–H and O–H groups in total. The van der Waals surface area contributed by atoms with E-state index < -0.39 is 41.2 Å². The van der Waals surface area contributed by atoms with Crippen LogP contribution in [0.15, 0.2) is 12.1 Å². The fraction of sp³-hybridized carbons (Fsp3) is 0.471. The zero-order valence-electron chi connectivity index (χ0n) is 13.7. The predicted molar refractivity (Wildman–Crippen MR) is 82.4 cm³/mol. The molecule has 0 spiro atoms. The molecule has 2 unspecified atom stereocenters. The molecule has 3 rings (SSSR count). The van der Waals surface area contributed by atoms with Gasteiger partial charge >= 0.3 is 0 Å². The summed E-state index contributed by atoms with van der Waals surface area (Å²) in [7, 11) is 0. The second-order valence-electron chi connectivity index (χ2n) is 7.22. The van der Waals surface area contributed by atoms with Crippen molar-refractivity contribution in [2.24, 2.45) is 0 Å². The number of halogens is 1. The first-order valence-electron chi connectivity index (χ1n) is 7.79. The summed E-state index contributed by atoms with van der Waals surface area (Å²) in [4.78, 5) is 37.0. The molecule has 2 atom stereocenters. The highest BCUT2D eigenvalue weighted by Gasteiger charge is 2.45. The van der Waals surface area contributed by atoms with Gasteiger partial charge in [-0.25, -0.2) is 4.39 Å². The minimum absolute atomic E-state index is 0.0881. The summed E-state index contributed by atoms with van der Waals surface area (Å²) in [6, 6.07) is 1.66. The van der Waals surface area contributed by atoms with Crippen LogP contribution in [0.4, 0.5) is 4.39 Å². The number of rotatable bonds is 1. The van der Waals surface area contributed by atoms with Gasteiger partial charge in [0.1, 0.15) is 11.9 Å². The van der Waals surface area contributed by atoms with Crippen LogP contribution in [-0.2, 0) is 15.0 Å². The first kappa shape index (κ1) is 16.6. The van der Waals surface area contributed by atoms with E-state index in [0.717, 1.165) is 11.0 Å². The van der Waals surface area contributed by atoms with Crippen LogP contribution < -0.4 is 5.32 Å². The Morgan fingerprint density at radius 3 is 2.50 bits per heavy atom. The van der Waals surface area contributed by atoms with Gasteiger partial charge in [-0.15, -0.1) is 0 Å². The first-order chi connectivity index (χ1) is 11.1. The Bertz CT molecular complexity index is 754. The summed E-state index contributed by atoms with van der Waals surface area (Å²) >= 11 is 0. The third-order valence-electron chi connectivity index (χ3n) is 4.50. The maximum atomic E-state index is 14.4. The summed E-state index contributed by atoms with van der Waals surface area (Å²) in [6.07, 6.45) is -1.18. The molecule has 128 valence electrons.